The highest BCUT2D eigenvalue weighted by Crippen LogP contribution is 2.30. The molecule has 1 fully saturated rings. The van der Waals surface area contributed by atoms with Crippen LogP contribution in [0.1, 0.15) is 45.4 Å². The molecule has 106 valence electrons. The molecule has 0 aromatic rings. The number of hydrogen-bond donors (Lipinski definition) is 0. The topological polar surface area (TPSA) is 60.4 Å². The maximum atomic E-state index is 12.6. The van der Waals surface area contributed by atoms with Crippen molar-refractivity contribution in [3.63, 3.8) is 0 Å². The highest BCUT2D eigenvalue weighted by atomic mass is 16.4. The number of nitrogens with zero attached hydrogens (tertiary/aromatic N) is 1. The first-order valence-corrected chi connectivity index (χ1v) is 7.31. The summed E-state index contributed by atoms with van der Waals surface area (Å²) in [6, 6.07) is 0.287. The zero-order valence-corrected chi connectivity index (χ0v) is 11.5. The van der Waals surface area contributed by atoms with E-state index in [4.69, 9.17) is 0 Å². The van der Waals surface area contributed by atoms with Gasteiger partial charge in [0.25, 0.3) is 0 Å². The summed E-state index contributed by atoms with van der Waals surface area (Å²) >= 11 is 0. The number of carboxylic acids is 1. The van der Waals surface area contributed by atoms with Crippen molar-refractivity contribution in [1.29, 1.82) is 0 Å². The quantitative estimate of drug-likeness (QED) is 0.717. The highest BCUT2D eigenvalue weighted by molar-refractivity contribution is 5.85. The van der Waals surface area contributed by atoms with Crippen molar-refractivity contribution in [1.82, 2.24) is 4.90 Å². The first-order chi connectivity index (χ1) is 9.15. The Hall–Kier alpha value is -1.32. The van der Waals surface area contributed by atoms with Crippen LogP contribution in [0.5, 0.6) is 0 Å². The van der Waals surface area contributed by atoms with Crippen molar-refractivity contribution in [2.75, 3.05) is 6.54 Å². The van der Waals surface area contributed by atoms with Crippen molar-refractivity contribution in [2.45, 2.75) is 51.5 Å². The van der Waals surface area contributed by atoms with Gasteiger partial charge in [0.05, 0.1) is 0 Å². The van der Waals surface area contributed by atoms with E-state index in [0.29, 0.717) is 12.8 Å². The van der Waals surface area contributed by atoms with Gasteiger partial charge < -0.3 is 14.8 Å². The number of rotatable bonds is 3. The largest absolute Gasteiger partial charge is 0.550 e. The number of hydrogen-bond acceptors (Lipinski definition) is 3. The Balaban J connectivity index is 2.12. The van der Waals surface area contributed by atoms with E-state index in [-0.39, 0.29) is 11.9 Å². The van der Waals surface area contributed by atoms with Crippen molar-refractivity contribution in [3.8, 4) is 0 Å². The molecule has 1 aliphatic carbocycles. The number of carboxylic acid groups (broad SMARTS) is 1. The van der Waals surface area contributed by atoms with Gasteiger partial charge in [0.1, 0.15) is 0 Å². The fourth-order valence-electron chi connectivity index (χ4n) is 3.28. The predicted octanol–water partition coefficient (Wildman–Crippen LogP) is 1.11. The molecule has 0 radical (unpaired) electrons. The third-order valence-corrected chi connectivity index (χ3v) is 4.43. The minimum atomic E-state index is -1.09. The van der Waals surface area contributed by atoms with Gasteiger partial charge in [-0.15, -0.1) is 0 Å². The van der Waals surface area contributed by atoms with Crippen LogP contribution in [-0.4, -0.2) is 29.4 Å². The van der Waals surface area contributed by atoms with Gasteiger partial charge in [-0.2, -0.15) is 0 Å². The fraction of sp³-hybridized carbons (Fsp3) is 0.733. The second-order valence-corrected chi connectivity index (χ2v) is 5.56. The van der Waals surface area contributed by atoms with Crippen LogP contribution in [0.25, 0.3) is 0 Å². The fourth-order valence-corrected chi connectivity index (χ4v) is 3.28. The summed E-state index contributed by atoms with van der Waals surface area (Å²) in [5.41, 5.74) is 0. The van der Waals surface area contributed by atoms with Crippen molar-refractivity contribution >= 4 is 11.9 Å². The molecule has 0 bridgehead atoms. The summed E-state index contributed by atoms with van der Waals surface area (Å²) < 4.78 is 0. The molecule has 1 saturated heterocycles. The zero-order valence-electron chi connectivity index (χ0n) is 11.5. The number of carbonyl (C=O) groups excluding carboxylic acids is 2. The number of aliphatic carboxylic acids is 1. The minimum Gasteiger partial charge on any atom is -0.550 e. The highest BCUT2D eigenvalue weighted by Gasteiger charge is 2.35. The third-order valence-electron chi connectivity index (χ3n) is 4.43. The summed E-state index contributed by atoms with van der Waals surface area (Å²) in [6.45, 7) is 2.87. The second kappa shape index (κ2) is 6.22. The molecule has 0 aromatic heterocycles. The van der Waals surface area contributed by atoms with Crippen LogP contribution in [0.2, 0.25) is 0 Å². The summed E-state index contributed by atoms with van der Waals surface area (Å²) in [7, 11) is 0. The Kier molecular flexibility index (Phi) is 4.61. The molecule has 2 aliphatic rings. The maximum Gasteiger partial charge on any atom is 0.226 e. The molecule has 4 nitrogen and oxygen atoms in total. The monoisotopic (exact) mass is 264 g/mol. The first-order valence-electron chi connectivity index (χ1n) is 7.31. The number of carbonyl (C=O) groups is 2. The van der Waals surface area contributed by atoms with E-state index in [2.05, 4.69) is 6.92 Å². The zero-order chi connectivity index (χ0) is 13.8. The van der Waals surface area contributed by atoms with Crippen molar-refractivity contribution < 1.29 is 14.7 Å². The molecule has 0 unspecified atom stereocenters. The lowest BCUT2D eigenvalue weighted by Crippen LogP contribution is -2.50. The van der Waals surface area contributed by atoms with Gasteiger partial charge in [-0.1, -0.05) is 19.1 Å². The van der Waals surface area contributed by atoms with E-state index < -0.39 is 17.8 Å². The molecule has 2 rings (SSSR count). The summed E-state index contributed by atoms with van der Waals surface area (Å²) in [4.78, 5) is 25.7. The Morgan fingerprint density at radius 1 is 1.21 bits per heavy atom. The Morgan fingerprint density at radius 2 is 1.89 bits per heavy atom. The second-order valence-electron chi connectivity index (χ2n) is 5.56. The molecule has 0 aromatic carbocycles. The standard InChI is InChI=1S/C15H23NO3/c1-2-11-7-5-6-10-16(11)14(17)12-8-3-4-9-13(12)15(18)19/h3-4,11-13H,2,5-10H2,1H3,(H,18,19)/p-1/t11-,12+,13-/m0/s1. The van der Waals surface area contributed by atoms with Crippen molar-refractivity contribution in [2.24, 2.45) is 11.8 Å². The first kappa shape index (κ1) is 14.1. The lowest BCUT2D eigenvalue weighted by molar-refractivity contribution is -0.313. The number of amides is 1. The molecule has 4 heteroatoms. The van der Waals surface area contributed by atoms with Gasteiger partial charge in [0, 0.05) is 30.4 Å². The molecule has 0 saturated carbocycles. The van der Waals surface area contributed by atoms with Crippen LogP contribution in [0, 0.1) is 11.8 Å². The summed E-state index contributed by atoms with van der Waals surface area (Å²) in [5, 5.41) is 11.2. The van der Waals surface area contributed by atoms with Gasteiger partial charge in [0.2, 0.25) is 5.91 Å². The van der Waals surface area contributed by atoms with E-state index in [1.54, 1.807) is 0 Å². The average Bonchev–Trinajstić information content (AvgIpc) is 2.46. The molecule has 0 spiro atoms. The molecule has 1 heterocycles. The van der Waals surface area contributed by atoms with Crippen LogP contribution in [0.4, 0.5) is 0 Å². The molecular formula is C15H22NO3-. The van der Waals surface area contributed by atoms with E-state index in [0.717, 1.165) is 32.2 Å². The van der Waals surface area contributed by atoms with Crippen LogP contribution < -0.4 is 5.11 Å². The van der Waals surface area contributed by atoms with Crippen LogP contribution >= 0.6 is 0 Å². The normalized spacial score (nSPS) is 31.2. The van der Waals surface area contributed by atoms with Crippen LogP contribution in [-0.2, 0) is 9.59 Å². The number of piperidine rings is 1. The SMILES string of the molecule is CC[C@H]1CCCCN1C(=O)[C@@H]1CC=CC[C@@H]1C(=O)[O-]. The Bertz CT molecular complexity index is 378. The maximum absolute atomic E-state index is 12.6. The van der Waals surface area contributed by atoms with E-state index >= 15 is 0 Å². The van der Waals surface area contributed by atoms with Crippen LogP contribution in [0.15, 0.2) is 12.2 Å². The molecule has 1 amide bonds. The predicted molar refractivity (Wildman–Crippen MR) is 70.0 cm³/mol. The summed E-state index contributed by atoms with van der Waals surface area (Å²) in [6.07, 6.45) is 8.90. The lowest BCUT2D eigenvalue weighted by Gasteiger charge is -2.40. The molecule has 0 N–H and O–H groups in total. The molecular weight excluding hydrogens is 242 g/mol. The van der Waals surface area contributed by atoms with E-state index in [1.807, 2.05) is 17.1 Å². The Morgan fingerprint density at radius 3 is 2.53 bits per heavy atom. The lowest BCUT2D eigenvalue weighted by atomic mass is 9.81. The van der Waals surface area contributed by atoms with Gasteiger partial charge >= 0.3 is 0 Å². The minimum absolute atomic E-state index is 0.0186. The number of allylic oxidation sites excluding steroid dienone is 2. The molecule has 1 aliphatic heterocycles. The van der Waals surface area contributed by atoms with E-state index in [1.165, 1.54) is 0 Å². The van der Waals surface area contributed by atoms with E-state index in [9.17, 15) is 14.7 Å². The molecule has 19 heavy (non-hydrogen) atoms. The average molecular weight is 264 g/mol. The smallest absolute Gasteiger partial charge is 0.226 e. The Labute approximate surface area is 114 Å². The van der Waals surface area contributed by atoms with Crippen molar-refractivity contribution in [3.05, 3.63) is 12.2 Å². The van der Waals surface area contributed by atoms with Gasteiger partial charge in [0.15, 0.2) is 0 Å². The van der Waals surface area contributed by atoms with Gasteiger partial charge in [-0.05, 0) is 38.5 Å². The number of likely N-dealkylation sites (tertiary alicyclic amines) is 1. The molecule has 3 atom stereocenters. The van der Waals surface area contributed by atoms with Gasteiger partial charge in [-0.25, -0.2) is 0 Å². The third kappa shape index (κ3) is 2.99. The van der Waals surface area contributed by atoms with Crippen LogP contribution in [0.3, 0.4) is 0 Å². The summed E-state index contributed by atoms with van der Waals surface area (Å²) in [5.74, 6) is -2.16. The van der Waals surface area contributed by atoms with Gasteiger partial charge in [-0.3, -0.25) is 4.79 Å².